The lowest BCUT2D eigenvalue weighted by Crippen LogP contribution is -2.05. The second kappa shape index (κ2) is 6.79. The van der Waals surface area contributed by atoms with Gasteiger partial charge in [-0.3, -0.25) is 0 Å². The van der Waals surface area contributed by atoms with E-state index < -0.39 is 0 Å². The molecule has 0 spiro atoms. The van der Waals surface area contributed by atoms with E-state index in [4.69, 9.17) is 0 Å². The minimum Gasteiger partial charge on any atom is -0.135 e. The van der Waals surface area contributed by atoms with Crippen molar-refractivity contribution in [2.24, 2.45) is 5.92 Å². The van der Waals surface area contributed by atoms with Crippen LogP contribution in [0.25, 0.3) is 58.9 Å². The van der Waals surface area contributed by atoms with Crippen LogP contribution in [0.1, 0.15) is 18.1 Å². The van der Waals surface area contributed by atoms with Gasteiger partial charge in [0, 0.05) is 20.2 Å². The van der Waals surface area contributed by atoms with Crippen LogP contribution in [0, 0.1) is 5.92 Å². The highest BCUT2D eigenvalue weighted by Gasteiger charge is 2.18. The SMILES string of the molecule is CC1C=Cc2c(c3ccccc3c3cc(-c4cccc5c4sc4ccccc45)ccc23)C1. The molecule has 0 amide bonds. The number of hydrogen-bond acceptors (Lipinski definition) is 1. The van der Waals surface area contributed by atoms with Crippen molar-refractivity contribution in [1.29, 1.82) is 0 Å². The van der Waals surface area contributed by atoms with Crippen LogP contribution in [0.2, 0.25) is 0 Å². The average molecular weight is 427 g/mol. The molecule has 1 aliphatic carbocycles. The number of allylic oxidation sites excluding steroid dienone is 1. The smallest absolute Gasteiger partial charge is 0.0433 e. The minimum absolute atomic E-state index is 0.591. The highest BCUT2D eigenvalue weighted by atomic mass is 32.1. The van der Waals surface area contributed by atoms with E-state index in [9.17, 15) is 0 Å². The number of benzene rings is 5. The summed E-state index contributed by atoms with van der Waals surface area (Å²) in [5.41, 5.74) is 5.54. The van der Waals surface area contributed by atoms with Gasteiger partial charge in [0.2, 0.25) is 0 Å². The van der Waals surface area contributed by atoms with Crippen molar-refractivity contribution in [1.82, 2.24) is 0 Å². The first-order chi connectivity index (χ1) is 15.8. The molecule has 32 heavy (non-hydrogen) atoms. The number of rotatable bonds is 1. The highest BCUT2D eigenvalue weighted by molar-refractivity contribution is 7.26. The molecule has 7 rings (SSSR count). The normalized spacial score (nSPS) is 15.7. The van der Waals surface area contributed by atoms with Crippen LogP contribution in [0.3, 0.4) is 0 Å². The lowest BCUT2D eigenvalue weighted by atomic mass is 9.83. The van der Waals surface area contributed by atoms with E-state index in [1.165, 1.54) is 64.0 Å². The molecule has 152 valence electrons. The summed E-state index contributed by atoms with van der Waals surface area (Å²) < 4.78 is 2.73. The van der Waals surface area contributed by atoms with Gasteiger partial charge in [0.15, 0.2) is 0 Å². The molecule has 1 aliphatic rings. The fraction of sp³-hybridized carbons (Fsp3) is 0.0968. The van der Waals surface area contributed by atoms with Gasteiger partial charge in [-0.25, -0.2) is 0 Å². The predicted molar refractivity (Wildman–Crippen MR) is 142 cm³/mol. The Kier molecular flexibility index (Phi) is 3.86. The Labute approximate surface area is 191 Å². The topological polar surface area (TPSA) is 0 Å². The average Bonchev–Trinajstić information content (AvgIpc) is 3.23. The third kappa shape index (κ3) is 2.55. The van der Waals surface area contributed by atoms with Gasteiger partial charge < -0.3 is 0 Å². The van der Waals surface area contributed by atoms with Gasteiger partial charge >= 0.3 is 0 Å². The lowest BCUT2D eigenvalue weighted by Gasteiger charge is -2.21. The third-order valence-corrected chi connectivity index (χ3v) is 8.23. The molecular formula is C31H22S. The Hall–Kier alpha value is -3.42. The van der Waals surface area contributed by atoms with E-state index in [2.05, 4.69) is 104 Å². The van der Waals surface area contributed by atoms with Crippen LogP contribution in [-0.2, 0) is 6.42 Å². The first kappa shape index (κ1) is 18.2. The van der Waals surface area contributed by atoms with Crippen molar-refractivity contribution in [2.75, 3.05) is 0 Å². The largest absolute Gasteiger partial charge is 0.135 e. The fourth-order valence-electron chi connectivity index (χ4n) is 5.49. The van der Waals surface area contributed by atoms with Crippen LogP contribution in [0.15, 0.2) is 91.0 Å². The van der Waals surface area contributed by atoms with Gasteiger partial charge in [-0.05, 0) is 68.3 Å². The predicted octanol–water partition coefficient (Wildman–Crippen LogP) is 9.23. The van der Waals surface area contributed by atoms with Crippen LogP contribution < -0.4 is 0 Å². The molecule has 1 heteroatoms. The van der Waals surface area contributed by atoms with E-state index in [0.717, 1.165) is 6.42 Å². The van der Waals surface area contributed by atoms with Gasteiger partial charge in [-0.2, -0.15) is 0 Å². The number of hydrogen-bond donors (Lipinski definition) is 0. The van der Waals surface area contributed by atoms with Crippen LogP contribution in [-0.4, -0.2) is 0 Å². The maximum atomic E-state index is 2.42. The Morgan fingerprint density at radius 1 is 0.688 bits per heavy atom. The quantitative estimate of drug-likeness (QED) is 0.230. The standard InChI is InChI=1S/C31H22S/c1-19-13-15-24-25-16-14-20(18-29(25)23-8-3-2-7-22(23)28(24)17-19)21-10-6-11-27-26-9-4-5-12-30(26)32-31(21)27/h2-16,18-19H,17H2,1H3. The molecule has 1 atom stereocenters. The maximum absolute atomic E-state index is 2.42. The summed E-state index contributed by atoms with van der Waals surface area (Å²) in [4.78, 5) is 0. The zero-order valence-corrected chi connectivity index (χ0v) is 18.7. The monoisotopic (exact) mass is 426 g/mol. The molecule has 0 aliphatic heterocycles. The van der Waals surface area contributed by atoms with E-state index in [-0.39, 0.29) is 0 Å². The molecule has 6 aromatic rings. The zero-order chi connectivity index (χ0) is 21.2. The van der Waals surface area contributed by atoms with Crippen molar-refractivity contribution in [2.45, 2.75) is 13.3 Å². The molecule has 0 nitrogen and oxygen atoms in total. The zero-order valence-electron chi connectivity index (χ0n) is 17.9. The molecule has 0 bridgehead atoms. The van der Waals surface area contributed by atoms with Crippen molar-refractivity contribution in [3.63, 3.8) is 0 Å². The van der Waals surface area contributed by atoms with E-state index in [0.29, 0.717) is 5.92 Å². The molecular weight excluding hydrogens is 404 g/mol. The van der Waals surface area contributed by atoms with E-state index in [1.807, 2.05) is 11.3 Å². The Balaban J connectivity index is 1.55. The molecule has 5 aromatic carbocycles. The molecule has 0 radical (unpaired) electrons. The maximum Gasteiger partial charge on any atom is 0.0433 e. The van der Waals surface area contributed by atoms with Gasteiger partial charge in [0.25, 0.3) is 0 Å². The molecule has 0 fully saturated rings. The minimum atomic E-state index is 0.591. The van der Waals surface area contributed by atoms with Gasteiger partial charge in [-0.1, -0.05) is 91.9 Å². The molecule has 1 unspecified atom stereocenters. The Bertz CT molecular complexity index is 1710. The second-order valence-corrected chi connectivity index (χ2v) is 10.1. The first-order valence-corrected chi connectivity index (χ1v) is 12.2. The summed E-state index contributed by atoms with van der Waals surface area (Å²) in [6.45, 7) is 2.31. The Morgan fingerprint density at radius 3 is 2.38 bits per heavy atom. The number of thiophene rings is 1. The van der Waals surface area contributed by atoms with Crippen molar-refractivity contribution < 1.29 is 0 Å². The summed E-state index contributed by atoms with van der Waals surface area (Å²) in [6, 6.07) is 31.5. The summed E-state index contributed by atoms with van der Waals surface area (Å²) in [5.74, 6) is 0.591. The molecule has 0 saturated heterocycles. The van der Waals surface area contributed by atoms with Crippen LogP contribution in [0.4, 0.5) is 0 Å². The first-order valence-electron chi connectivity index (χ1n) is 11.3. The summed E-state index contributed by atoms with van der Waals surface area (Å²) in [5, 5.41) is 8.21. The molecule has 0 N–H and O–H groups in total. The molecule has 0 saturated carbocycles. The second-order valence-electron chi connectivity index (χ2n) is 9.02. The van der Waals surface area contributed by atoms with E-state index in [1.54, 1.807) is 0 Å². The lowest BCUT2D eigenvalue weighted by molar-refractivity contribution is 0.722. The van der Waals surface area contributed by atoms with Crippen molar-refractivity contribution in [3.8, 4) is 11.1 Å². The van der Waals surface area contributed by atoms with E-state index >= 15 is 0 Å². The Morgan fingerprint density at radius 2 is 1.47 bits per heavy atom. The third-order valence-electron chi connectivity index (χ3n) is 7.01. The summed E-state index contributed by atoms with van der Waals surface area (Å²) >= 11 is 1.90. The van der Waals surface area contributed by atoms with Crippen molar-refractivity contribution >= 4 is 59.1 Å². The van der Waals surface area contributed by atoms with Crippen LogP contribution in [0.5, 0.6) is 0 Å². The summed E-state index contributed by atoms with van der Waals surface area (Å²) in [6.07, 6.45) is 5.83. The molecule has 1 heterocycles. The van der Waals surface area contributed by atoms with Crippen LogP contribution >= 0.6 is 11.3 Å². The molecule has 1 aromatic heterocycles. The van der Waals surface area contributed by atoms with Gasteiger partial charge in [0.1, 0.15) is 0 Å². The van der Waals surface area contributed by atoms with Crippen molar-refractivity contribution in [3.05, 3.63) is 102 Å². The number of fused-ring (bicyclic) bond motifs is 9. The fourth-order valence-corrected chi connectivity index (χ4v) is 6.73. The van der Waals surface area contributed by atoms with Gasteiger partial charge in [0.05, 0.1) is 0 Å². The summed E-state index contributed by atoms with van der Waals surface area (Å²) in [7, 11) is 0. The highest BCUT2D eigenvalue weighted by Crippen LogP contribution is 2.43. The van der Waals surface area contributed by atoms with Gasteiger partial charge in [-0.15, -0.1) is 11.3 Å².